The predicted molar refractivity (Wildman–Crippen MR) is 267 cm³/mol. The van der Waals surface area contributed by atoms with E-state index in [2.05, 4.69) is 84.9 Å². The molecule has 0 unspecified atom stereocenters. The Balaban J connectivity index is 1.00. The Morgan fingerprint density at radius 2 is 0.905 bits per heavy atom. The van der Waals surface area contributed by atoms with Gasteiger partial charge in [0.05, 0.1) is 24.9 Å². The summed E-state index contributed by atoms with van der Waals surface area (Å²) in [5, 5.41) is 5.00. The van der Waals surface area contributed by atoms with E-state index in [0.29, 0.717) is 34.2 Å². The lowest BCUT2D eigenvalue weighted by molar-refractivity contribution is 1.07. The van der Waals surface area contributed by atoms with Crippen LogP contribution in [0.2, 0.25) is 0 Å². The second-order valence-corrected chi connectivity index (χ2v) is 17.6. The molecule has 0 aliphatic carbocycles. The van der Waals surface area contributed by atoms with Crippen LogP contribution in [-0.4, -0.2) is 19.5 Å². The number of benzene rings is 9. The number of hydrogen-bond donors (Lipinski definition) is 0. The van der Waals surface area contributed by atoms with Gasteiger partial charge in [0.15, 0.2) is 17.5 Å². The molecule has 6 heteroatoms. The molecule has 0 radical (unpaired) electrons. The van der Waals surface area contributed by atoms with Crippen molar-refractivity contribution in [2.75, 3.05) is 0 Å². The van der Waals surface area contributed by atoms with Crippen molar-refractivity contribution >= 4 is 84.8 Å². The van der Waals surface area contributed by atoms with Crippen LogP contribution in [0.25, 0.3) is 124 Å². The zero-order chi connectivity index (χ0) is 46.7. The van der Waals surface area contributed by atoms with Crippen molar-refractivity contribution in [3.8, 4) is 62.1 Å². The quantitative estimate of drug-likeness (QED) is 0.167. The minimum absolute atomic E-state index is 0.00441. The van der Waals surface area contributed by atoms with Gasteiger partial charge in [0.25, 0.3) is 0 Å². The van der Waals surface area contributed by atoms with Crippen LogP contribution >= 0.6 is 22.7 Å². The normalized spacial score (nSPS) is 13.1. The average Bonchev–Trinajstić information content (AvgIpc) is 4.08. The first-order chi connectivity index (χ1) is 33.7. The lowest BCUT2D eigenvalue weighted by Crippen LogP contribution is -1.99. The third-order valence-electron chi connectivity index (χ3n) is 11.8. The van der Waals surface area contributed by atoms with Gasteiger partial charge in [-0.3, -0.25) is 0 Å². The smallest absolute Gasteiger partial charge is 0.164 e. The fourth-order valence-electron chi connectivity index (χ4n) is 8.87. The van der Waals surface area contributed by atoms with E-state index in [0.717, 1.165) is 79.3 Å². The Labute approximate surface area is 379 Å². The Bertz CT molecular complexity index is 4150. The molecule has 13 aromatic rings. The summed E-state index contributed by atoms with van der Waals surface area (Å²) in [4.78, 5) is 14.9. The first-order valence-corrected chi connectivity index (χ1v) is 22.2. The number of hydrogen-bond acceptors (Lipinski definition) is 5. The molecule has 294 valence electrons. The van der Waals surface area contributed by atoms with Crippen molar-refractivity contribution in [1.29, 1.82) is 0 Å². The molecule has 4 nitrogen and oxygen atoms in total. The zero-order valence-electron chi connectivity index (χ0n) is 39.3. The van der Waals surface area contributed by atoms with Gasteiger partial charge in [-0.25, -0.2) is 15.0 Å². The van der Waals surface area contributed by atoms with Gasteiger partial charge < -0.3 is 4.57 Å². The van der Waals surface area contributed by atoms with Crippen LogP contribution in [0.3, 0.4) is 0 Å². The largest absolute Gasteiger partial charge is 0.309 e. The first-order valence-electron chi connectivity index (χ1n) is 23.6. The van der Waals surface area contributed by atoms with E-state index in [1.807, 2.05) is 77.4 Å². The lowest BCUT2D eigenvalue weighted by Gasteiger charge is -2.17. The summed E-state index contributed by atoms with van der Waals surface area (Å²) >= 11 is 3.43. The molecular weight excluding hydrogens is 805 g/mol. The molecule has 4 aromatic heterocycles. The molecule has 0 N–H and O–H groups in total. The summed E-state index contributed by atoms with van der Waals surface area (Å²) in [6, 6.07) is 56.0. The maximum absolute atomic E-state index is 9.25. The molecule has 63 heavy (non-hydrogen) atoms. The highest BCUT2D eigenvalue weighted by Gasteiger charge is 2.20. The molecule has 0 aliphatic rings. The molecular formula is C57H34N4S2. The van der Waals surface area contributed by atoms with Gasteiger partial charge in [0.1, 0.15) is 0 Å². The summed E-state index contributed by atoms with van der Waals surface area (Å²) in [6.45, 7) is 0. The maximum atomic E-state index is 9.25. The van der Waals surface area contributed by atoms with Gasteiger partial charge in [-0.2, -0.15) is 0 Å². The van der Waals surface area contributed by atoms with Gasteiger partial charge in [0, 0.05) is 78.9 Å². The Morgan fingerprint density at radius 1 is 0.365 bits per heavy atom. The predicted octanol–water partition coefficient (Wildman–Crippen LogP) is 16.0. The van der Waals surface area contributed by atoms with Crippen molar-refractivity contribution in [2.24, 2.45) is 0 Å². The molecule has 0 saturated heterocycles. The van der Waals surface area contributed by atoms with Crippen LogP contribution in [0.5, 0.6) is 0 Å². The standard InChI is InChI=1S/C57H34N4S2/c1-3-14-35(15-4-1)55-58-56(36-16-5-2-6-17-36)60-57(59-55)39-27-30-44-43-29-26-38(33-52(43)62-53(44)34-39)37-28-31-50(61-48-23-10-7-18-40(48)41-19-8-11-24-49(41)61)47(32-37)46-22-13-21-45-42-20-9-12-25-51(42)63-54(45)46/h1-34H/i7D,8D,18D,19D,23D,24D. The minimum atomic E-state index is -0.147. The Morgan fingerprint density at radius 3 is 1.59 bits per heavy atom. The summed E-state index contributed by atoms with van der Waals surface area (Å²) in [7, 11) is 0. The van der Waals surface area contributed by atoms with Crippen LogP contribution in [0.4, 0.5) is 0 Å². The van der Waals surface area contributed by atoms with Gasteiger partial charge in [-0.05, 0) is 53.5 Å². The summed E-state index contributed by atoms with van der Waals surface area (Å²) in [6.07, 6.45) is 0. The monoisotopic (exact) mass is 844 g/mol. The van der Waals surface area contributed by atoms with E-state index in [-0.39, 0.29) is 47.0 Å². The van der Waals surface area contributed by atoms with Crippen molar-refractivity contribution in [3.63, 3.8) is 0 Å². The Hall–Kier alpha value is -7.77. The van der Waals surface area contributed by atoms with Gasteiger partial charge in [0.2, 0.25) is 0 Å². The summed E-state index contributed by atoms with van der Waals surface area (Å²) in [5.41, 5.74) is 7.81. The molecule has 0 spiro atoms. The lowest BCUT2D eigenvalue weighted by atomic mass is 9.95. The van der Waals surface area contributed by atoms with Crippen LogP contribution in [0.15, 0.2) is 206 Å². The number of rotatable bonds is 6. The fraction of sp³-hybridized carbons (Fsp3) is 0. The first kappa shape index (κ1) is 30.3. The molecule has 0 saturated carbocycles. The van der Waals surface area contributed by atoms with Crippen molar-refractivity contribution < 1.29 is 8.22 Å². The summed E-state index contributed by atoms with van der Waals surface area (Å²) < 4.78 is 60.1. The van der Waals surface area contributed by atoms with Crippen molar-refractivity contribution in [2.45, 2.75) is 0 Å². The highest BCUT2D eigenvalue weighted by Crippen LogP contribution is 2.45. The van der Waals surface area contributed by atoms with Crippen LogP contribution in [-0.2, 0) is 0 Å². The third-order valence-corrected chi connectivity index (χ3v) is 14.2. The molecule has 0 bridgehead atoms. The van der Waals surface area contributed by atoms with Crippen LogP contribution < -0.4 is 0 Å². The van der Waals surface area contributed by atoms with E-state index in [4.69, 9.17) is 20.4 Å². The molecule has 9 aromatic carbocycles. The molecule has 0 aliphatic heterocycles. The highest BCUT2D eigenvalue weighted by atomic mass is 32.1. The minimum Gasteiger partial charge on any atom is -0.309 e. The van der Waals surface area contributed by atoms with E-state index < -0.39 is 0 Å². The summed E-state index contributed by atoms with van der Waals surface area (Å²) in [5.74, 6) is 1.82. The molecule has 0 atom stereocenters. The van der Waals surface area contributed by atoms with Gasteiger partial charge in [-0.1, -0.05) is 164 Å². The number of para-hydroxylation sites is 2. The van der Waals surface area contributed by atoms with E-state index >= 15 is 0 Å². The number of fused-ring (bicyclic) bond motifs is 9. The second kappa shape index (κ2) is 14.4. The van der Waals surface area contributed by atoms with Crippen molar-refractivity contribution in [1.82, 2.24) is 19.5 Å². The fourth-order valence-corrected chi connectivity index (χ4v) is 11.3. The maximum Gasteiger partial charge on any atom is 0.164 e. The van der Waals surface area contributed by atoms with E-state index in [1.54, 1.807) is 22.7 Å². The third kappa shape index (κ3) is 5.91. The number of aromatic nitrogens is 4. The average molecular weight is 845 g/mol. The number of nitrogens with zero attached hydrogens (tertiary/aromatic N) is 4. The van der Waals surface area contributed by atoms with Crippen LogP contribution in [0, 0.1) is 0 Å². The SMILES string of the molecule is [2H]c1cc([2H])c2c(c1[2H])c1c([2H])c([2H])cc([2H])c1n2-c1ccc(-c2ccc3c(c2)sc2cc(-c4nc(-c5ccccc5)nc(-c5ccccc5)n4)ccc23)cc1-c1cccc2c1sc1ccccc12. The molecule has 4 heterocycles. The molecule has 0 fully saturated rings. The zero-order valence-corrected chi connectivity index (χ0v) is 34.9. The Kier molecular flexibility index (Phi) is 6.93. The van der Waals surface area contributed by atoms with Crippen molar-refractivity contribution in [3.05, 3.63) is 206 Å². The highest BCUT2D eigenvalue weighted by molar-refractivity contribution is 7.26. The van der Waals surface area contributed by atoms with E-state index in [9.17, 15) is 2.74 Å². The van der Waals surface area contributed by atoms with Gasteiger partial charge in [-0.15, -0.1) is 22.7 Å². The second-order valence-electron chi connectivity index (χ2n) is 15.5. The topological polar surface area (TPSA) is 43.6 Å². The van der Waals surface area contributed by atoms with Crippen LogP contribution in [0.1, 0.15) is 8.22 Å². The van der Waals surface area contributed by atoms with E-state index in [1.165, 1.54) is 12.1 Å². The number of thiophene rings is 2. The molecule has 13 rings (SSSR count). The molecule has 0 amide bonds. The van der Waals surface area contributed by atoms with Gasteiger partial charge >= 0.3 is 0 Å².